The Morgan fingerprint density at radius 3 is 2.60 bits per heavy atom. The fourth-order valence-corrected chi connectivity index (χ4v) is 0.494. The van der Waals surface area contributed by atoms with Crippen LogP contribution in [0.2, 0.25) is 0 Å². The van der Waals surface area contributed by atoms with Crippen LogP contribution in [0.3, 0.4) is 0 Å². The van der Waals surface area contributed by atoms with E-state index in [1.807, 2.05) is 0 Å². The monoisotopic (exact) mass is 138 g/mol. The summed E-state index contributed by atoms with van der Waals surface area (Å²) in [5, 5.41) is 0. The second-order valence-electron chi connectivity index (χ2n) is 1.77. The Morgan fingerprint density at radius 2 is 2.00 bits per heavy atom. The van der Waals surface area contributed by atoms with Crippen molar-refractivity contribution in [3.05, 3.63) is 17.9 Å². The number of rotatable bonds is 5. The first kappa shape index (κ1) is 8.86. The van der Waals surface area contributed by atoms with E-state index in [-0.39, 0.29) is 0 Å². The number of hydrogen-bond donors (Lipinski definition) is 0. The SMILES string of the molecule is O=CC=C=CCCCC=O. The average Bonchev–Trinajstić information content (AvgIpc) is 1.97. The first-order valence-corrected chi connectivity index (χ1v) is 3.20. The summed E-state index contributed by atoms with van der Waals surface area (Å²) in [4.78, 5) is 19.5. The molecule has 0 atom stereocenters. The third-order valence-corrected chi connectivity index (χ3v) is 0.953. The van der Waals surface area contributed by atoms with Crippen molar-refractivity contribution in [1.29, 1.82) is 0 Å². The van der Waals surface area contributed by atoms with Gasteiger partial charge in [0, 0.05) is 12.5 Å². The van der Waals surface area contributed by atoms with Gasteiger partial charge in [-0.05, 0) is 18.9 Å². The van der Waals surface area contributed by atoms with Crippen LogP contribution >= 0.6 is 0 Å². The normalized spacial score (nSPS) is 7.60. The predicted molar refractivity (Wildman–Crippen MR) is 38.6 cm³/mol. The summed E-state index contributed by atoms with van der Waals surface area (Å²) in [7, 11) is 0. The molecule has 0 radical (unpaired) electrons. The molecule has 0 aromatic rings. The van der Waals surface area contributed by atoms with Gasteiger partial charge in [0.25, 0.3) is 0 Å². The Bertz CT molecular complexity index is 153. The summed E-state index contributed by atoms with van der Waals surface area (Å²) >= 11 is 0. The Balaban J connectivity index is 3.25. The first-order valence-electron chi connectivity index (χ1n) is 3.20. The minimum absolute atomic E-state index is 0.583. The van der Waals surface area contributed by atoms with Crippen LogP contribution in [0.4, 0.5) is 0 Å². The standard InChI is InChI=1S/C8H10O2/c9-7-5-3-1-2-4-6-8-10/h1,5,7-8H,2,4,6H2. The number of allylic oxidation sites excluding steroid dienone is 1. The van der Waals surface area contributed by atoms with Gasteiger partial charge in [0.2, 0.25) is 0 Å². The zero-order chi connectivity index (χ0) is 7.66. The second-order valence-corrected chi connectivity index (χ2v) is 1.77. The summed E-state index contributed by atoms with van der Waals surface area (Å²) in [5.74, 6) is 0. The first-order chi connectivity index (χ1) is 4.91. The maximum Gasteiger partial charge on any atom is 0.150 e. The highest BCUT2D eigenvalue weighted by Gasteiger charge is 1.78. The lowest BCUT2D eigenvalue weighted by Gasteiger charge is -1.82. The van der Waals surface area contributed by atoms with Gasteiger partial charge in [0.05, 0.1) is 0 Å². The van der Waals surface area contributed by atoms with Crippen molar-refractivity contribution in [3.63, 3.8) is 0 Å². The summed E-state index contributed by atoms with van der Waals surface area (Å²) in [6.45, 7) is 0. The highest BCUT2D eigenvalue weighted by Crippen LogP contribution is 1.91. The Morgan fingerprint density at radius 1 is 1.20 bits per heavy atom. The fraction of sp³-hybridized carbons (Fsp3) is 0.375. The van der Waals surface area contributed by atoms with E-state index in [2.05, 4.69) is 5.73 Å². The molecule has 0 aliphatic carbocycles. The van der Waals surface area contributed by atoms with E-state index in [0.717, 1.165) is 19.1 Å². The van der Waals surface area contributed by atoms with Crippen LogP contribution < -0.4 is 0 Å². The molecule has 0 N–H and O–H groups in total. The van der Waals surface area contributed by atoms with Crippen molar-refractivity contribution in [2.45, 2.75) is 19.3 Å². The Kier molecular flexibility index (Phi) is 6.96. The number of hydrogen-bond acceptors (Lipinski definition) is 2. The van der Waals surface area contributed by atoms with Gasteiger partial charge in [0.15, 0.2) is 6.29 Å². The second kappa shape index (κ2) is 7.86. The van der Waals surface area contributed by atoms with Crippen LogP contribution in [0.25, 0.3) is 0 Å². The van der Waals surface area contributed by atoms with E-state index < -0.39 is 0 Å². The van der Waals surface area contributed by atoms with Crippen LogP contribution in [0.5, 0.6) is 0 Å². The molecule has 2 heteroatoms. The molecular formula is C8H10O2. The zero-order valence-electron chi connectivity index (χ0n) is 5.75. The lowest BCUT2D eigenvalue weighted by atomic mass is 10.2. The molecule has 2 nitrogen and oxygen atoms in total. The molecule has 54 valence electrons. The smallest absolute Gasteiger partial charge is 0.150 e. The van der Waals surface area contributed by atoms with Crippen molar-refractivity contribution >= 4 is 12.6 Å². The van der Waals surface area contributed by atoms with Gasteiger partial charge in [0.1, 0.15) is 6.29 Å². The van der Waals surface area contributed by atoms with Crippen LogP contribution in [0.15, 0.2) is 17.9 Å². The van der Waals surface area contributed by atoms with E-state index in [9.17, 15) is 9.59 Å². The lowest BCUT2D eigenvalue weighted by molar-refractivity contribution is -0.108. The molecule has 0 rings (SSSR count). The molecule has 10 heavy (non-hydrogen) atoms. The quantitative estimate of drug-likeness (QED) is 0.248. The lowest BCUT2D eigenvalue weighted by Crippen LogP contribution is -1.72. The largest absolute Gasteiger partial charge is 0.303 e. The summed E-state index contributed by atoms with van der Waals surface area (Å²) < 4.78 is 0. The van der Waals surface area contributed by atoms with Gasteiger partial charge >= 0.3 is 0 Å². The van der Waals surface area contributed by atoms with Crippen molar-refractivity contribution < 1.29 is 9.59 Å². The topological polar surface area (TPSA) is 34.1 Å². The molecule has 0 saturated heterocycles. The minimum Gasteiger partial charge on any atom is -0.303 e. The summed E-state index contributed by atoms with van der Waals surface area (Å²) in [6, 6.07) is 0. The molecule has 0 heterocycles. The highest BCUT2D eigenvalue weighted by atomic mass is 16.1. The van der Waals surface area contributed by atoms with E-state index >= 15 is 0 Å². The predicted octanol–water partition coefficient (Wildman–Crippen LogP) is 1.27. The molecule has 0 bridgehead atoms. The minimum atomic E-state index is 0.583. The molecule has 0 saturated carbocycles. The van der Waals surface area contributed by atoms with Crippen LogP contribution in [-0.2, 0) is 9.59 Å². The molecule has 0 aromatic carbocycles. The van der Waals surface area contributed by atoms with E-state index in [1.165, 1.54) is 6.08 Å². The van der Waals surface area contributed by atoms with Crippen molar-refractivity contribution in [2.75, 3.05) is 0 Å². The maximum atomic E-state index is 9.80. The van der Waals surface area contributed by atoms with Crippen LogP contribution in [0, 0.1) is 0 Å². The third-order valence-electron chi connectivity index (χ3n) is 0.953. The molecular weight excluding hydrogens is 128 g/mol. The van der Waals surface area contributed by atoms with Crippen molar-refractivity contribution in [2.24, 2.45) is 0 Å². The Hall–Kier alpha value is -1.14. The number of aldehydes is 2. The summed E-state index contributed by atoms with van der Waals surface area (Å²) in [5.41, 5.74) is 2.66. The molecule has 0 aromatic heterocycles. The fourth-order valence-electron chi connectivity index (χ4n) is 0.494. The van der Waals surface area contributed by atoms with Gasteiger partial charge < -0.3 is 4.79 Å². The average molecular weight is 138 g/mol. The third kappa shape index (κ3) is 6.86. The van der Waals surface area contributed by atoms with Gasteiger partial charge in [-0.3, -0.25) is 4.79 Å². The molecule has 0 fully saturated rings. The van der Waals surface area contributed by atoms with Crippen LogP contribution in [-0.4, -0.2) is 12.6 Å². The molecule has 0 aliphatic rings. The van der Waals surface area contributed by atoms with E-state index in [1.54, 1.807) is 6.08 Å². The molecule has 0 unspecified atom stereocenters. The zero-order valence-corrected chi connectivity index (χ0v) is 5.75. The van der Waals surface area contributed by atoms with Crippen LogP contribution in [0.1, 0.15) is 19.3 Å². The Labute approximate surface area is 60.2 Å². The van der Waals surface area contributed by atoms with Crippen molar-refractivity contribution in [3.8, 4) is 0 Å². The van der Waals surface area contributed by atoms with E-state index in [0.29, 0.717) is 12.7 Å². The molecule has 0 spiro atoms. The van der Waals surface area contributed by atoms with Crippen molar-refractivity contribution in [1.82, 2.24) is 0 Å². The summed E-state index contributed by atoms with van der Waals surface area (Å²) in [6.07, 6.45) is 6.85. The van der Waals surface area contributed by atoms with Gasteiger partial charge in [-0.2, -0.15) is 0 Å². The molecule has 0 aliphatic heterocycles. The highest BCUT2D eigenvalue weighted by molar-refractivity contribution is 5.64. The van der Waals surface area contributed by atoms with E-state index in [4.69, 9.17) is 0 Å². The van der Waals surface area contributed by atoms with Gasteiger partial charge in [-0.25, -0.2) is 0 Å². The number of carbonyl (C=O) groups excluding carboxylic acids is 2. The number of carbonyl (C=O) groups is 2. The van der Waals surface area contributed by atoms with Gasteiger partial charge in [-0.15, -0.1) is 5.73 Å². The molecule has 0 amide bonds. The maximum absolute atomic E-state index is 9.80. The number of unbranched alkanes of at least 4 members (excludes halogenated alkanes) is 2. The van der Waals surface area contributed by atoms with Gasteiger partial charge in [-0.1, -0.05) is 0 Å².